The molecule has 0 spiro atoms. The Labute approximate surface area is 495 Å². The maximum atomic E-state index is 12.8. The van der Waals surface area contributed by atoms with Crippen molar-refractivity contribution in [2.75, 3.05) is 0 Å². The molecule has 11 atom stereocenters. The minimum atomic E-state index is -4.30. The lowest BCUT2D eigenvalue weighted by atomic mass is 9.83. The number of halogens is 4. The second-order valence-corrected chi connectivity index (χ2v) is 27.3. The second kappa shape index (κ2) is 39.5. The molecule has 6 aliphatic rings. The summed E-state index contributed by atoms with van der Waals surface area (Å²) in [5.74, 6) is 13.0. The van der Waals surface area contributed by atoms with E-state index in [1.807, 2.05) is 61.6 Å². The topological polar surface area (TPSA) is 120 Å². The van der Waals surface area contributed by atoms with E-state index in [1.165, 1.54) is 96.1 Å². The van der Waals surface area contributed by atoms with E-state index < -0.39 is 18.0 Å². The number of aryl methyl sites for hydroxylation is 9. The van der Waals surface area contributed by atoms with Crippen molar-refractivity contribution in [1.82, 2.24) is 29.9 Å². The van der Waals surface area contributed by atoms with E-state index in [1.54, 1.807) is 18.7 Å². The molecular weight excluding hydrogens is 1040 g/mol. The van der Waals surface area contributed by atoms with Crippen LogP contribution in [0.1, 0.15) is 242 Å². The predicted molar refractivity (Wildman–Crippen MR) is 335 cm³/mol. The van der Waals surface area contributed by atoms with Gasteiger partial charge in [0.1, 0.15) is 23.6 Å². The van der Waals surface area contributed by atoms with Crippen molar-refractivity contribution >= 4 is 11.3 Å². The number of nitrogens with zero attached hydrogens (tertiary/aromatic N) is 5. The first kappa shape index (κ1) is 75.0. The summed E-state index contributed by atoms with van der Waals surface area (Å²) < 4.78 is 53.8. The van der Waals surface area contributed by atoms with Crippen molar-refractivity contribution in [3.63, 3.8) is 0 Å². The molecule has 8 nitrogen and oxygen atoms in total. The molecule has 0 radical (unpaired) electrons. The molecule has 0 bridgehead atoms. The van der Waals surface area contributed by atoms with Crippen LogP contribution in [0.15, 0.2) is 40.6 Å². The molecule has 10 rings (SSSR count). The summed E-state index contributed by atoms with van der Waals surface area (Å²) in [6.07, 6.45) is 26.9. The Morgan fingerprint density at radius 1 is 0.580 bits per heavy atom. The molecule has 4 fully saturated rings. The van der Waals surface area contributed by atoms with E-state index in [2.05, 4.69) is 130 Å². The number of alkyl halides is 4. The molecule has 0 aromatic carbocycles. The molecule has 4 saturated carbocycles. The quantitative estimate of drug-likeness (QED) is 0.134. The zero-order valence-corrected chi connectivity index (χ0v) is 55.6. The number of rotatable bonds is 0. The number of nitrogens with one attached hydrogen (secondary N) is 2. The summed E-state index contributed by atoms with van der Waals surface area (Å²) in [6, 6.07) is 2.34. The van der Waals surface area contributed by atoms with Gasteiger partial charge in [0.2, 0.25) is 0 Å². The maximum absolute atomic E-state index is 12.8. The molecule has 0 amide bonds. The Balaban J connectivity index is 0.000000451. The molecule has 81 heavy (non-hydrogen) atoms. The first-order valence-electron chi connectivity index (χ1n) is 31.0. The number of nitriles is 1. The normalized spacial score (nSPS) is 27.9. The van der Waals surface area contributed by atoms with Crippen molar-refractivity contribution in [2.45, 2.75) is 260 Å². The molecule has 13 heteroatoms. The summed E-state index contributed by atoms with van der Waals surface area (Å²) in [7, 11) is 0. The first-order valence-corrected chi connectivity index (χ1v) is 31.8. The van der Waals surface area contributed by atoms with Gasteiger partial charge in [0.25, 0.3) is 0 Å². The monoisotopic (exact) mass is 1150 g/mol. The maximum Gasteiger partial charge on any atom is 0.434 e. The van der Waals surface area contributed by atoms with Crippen LogP contribution in [0.5, 0.6) is 0 Å². The van der Waals surface area contributed by atoms with Gasteiger partial charge in [0, 0.05) is 35.3 Å². The summed E-state index contributed by atoms with van der Waals surface area (Å²) in [6.45, 7) is 43.7. The molecule has 462 valence electrons. The molecular formula is C68H115F4N7OS. The Hall–Kier alpha value is -4.05. The Morgan fingerprint density at radius 2 is 1.12 bits per heavy atom. The Morgan fingerprint density at radius 3 is 1.35 bits per heavy atom. The van der Waals surface area contributed by atoms with E-state index >= 15 is 0 Å². The van der Waals surface area contributed by atoms with Crippen molar-refractivity contribution in [1.29, 1.82) is 5.26 Å². The number of allylic oxidation sites excluding steroid dienone is 4. The van der Waals surface area contributed by atoms with Crippen LogP contribution in [0.25, 0.3) is 0 Å². The van der Waals surface area contributed by atoms with Gasteiger partial charge < -0.3 is 14.4 Å². The van der Waals surface area contributed by atoms with Crippen molar-refractivity contribution < 1.29 is 22.0 Å². The molecule has 4 heterocycles. The fourth-order valence-electron chi connectivity index (χ4n) is 10.9. The summed E-state index contributed by atoms with van der Waals surface area (Å²) in [5.41, 5.74) is 4.23. The zero-order chi connectivity index (χ0) is 61.6. The van der Waals surface area contributed by atoms with Crippen molar-refractivity contribution in [3.05, 3.63) is 92.2 Å². The number of H-pyrrole nitrogens is 2. The molecule has 2 N–H and O–H groups in total. The van der Waals surface area contributed by atoms with Gasteiger partial charge >= 0.3 is 6.18 Å². The molecule has 0 saturated heterocycles. The van der Waals surface area contributed by atoms with Gasteiger partial charge in [-0.25, -0.2) is 24.3 Å². The summed E-state index contributed by atoms with van der Waals surface area (Å²) in [4.78, 5) is 21.7. The molecule has 4 aromatic heterocycles. The van der Waals surface area contributed by atoms with Crippen LogP contribution in [0, 0.1) is 145 Å². The SMILES string of the molecule is CC1=CCC(C)CC1.CC1C=CC(C)C1.CC1CC(C)C(C#N)C1.CC1CCC(C)C(F)C1.CC1CCC(C)C1.CC1CCC(C)CC1.Cc1cnc(C)[nH]1.Cc1cnc(C)o1.Cc1nc(C(F)(F)F)c(C)s1.Cc1nc(C)c(C)[nH]1. The number of oxazole rings is 1. The van der Waals surface area contributed by atoms with E-state index in [4.69, 9.17) is 9.68 Å². The number of imidazole rings is 2. The van der Waals surface area contributed by atoms with Gasteiger partial charge in [-0.3, -0.25) is 0 Å². The smallest absolute Gasteiger partial charge is 0.434 e. The fraction of sp³-hybridized carbons (Fsp3) is 0.750. The minimum Gasteiger partial charge on any atom is -0.446 e. The lowest BCUT2D eigenvalue weighted by Crippen LogP contribution is -2.22. The van der Waals surface area contributed by atoms with Crippen molar-refractivity contribution in [3.8, 4) is 6.07 Å². The third-order valence-corrected chi connectivity index (χ3v) is 17.2. The van der Waals surface area contributed by atoms with Crippen LogP contribution in [0.3, 0.4) is 0 Å². The largest absolute Gasteiger partial charge is 0.446 e. The average Bonchev–Trinajstić information content (AvgIpc) is 4.29. The van der Waals surface area contributed by atoms with Crippen LogP contribution in [-0.2, 0) is 6.18 Å². The van der Waals surface area contributed by atoms with Crippen LogP contribution in [0.2, 0.25) is 0 Å². The highest BCUT2D eigenvalue weighted by molar-refractivity contribution is 7.11. The molecule has 11 unspecified atom stereocenters. The van der Waals surface area contributed by atoms with Gasteiger partial charge in [0.05, 0.1) is 23.0 Å². The lowest BCUT2D eigenvalue weighted by molar-refractivity contribution is -0.141. The highest BCUT2D eigenvalue weighted by Crippen LogP contribution is 2.36. The third-order valence-electron chi connectivity index (χ3n) is 16.3. The number of hydrogen-bond acceptors (Lipinski definition) is 7. The van der Waals surface area contributed by atoms with E-state index in [9.17, 15) is 17.6 Å². The van der Waals surface area contributed by atoms with E-state index in [0.717, 1.165) is 113 Å². The highest BCUT2D eigenvalue weighted by atomic mass is 32.1. The van der Waals surface area contributed by atoms with Gasteiger partial charge in [0.15, 0.2) is 11.6 Å². The Bertz CT molecular complexity index is 2240. The predicted octanol–water partition coefficient (Wildman–Crippen LogP) is 21.7. The minimum absolute atomic E-state index is 0.231. The van der Waals surface area contributed by atoms with Gasteiger partial charge in [-0.2, -0.15) is 18.4 Å². The molecule has 0 aliphatic heterocycles. The zero-order valence-electron chi connectivity index (χ0n) is 54.8. The van der Waals surface area contributed by atoms with E-state index in [0.29, 0.717) is 28.7 Å². The number of aromatic nitrogens is 6. The summed E-state index contributed by atoms with van der Waals surface area (Å²) >= 11 is 1.06. The van der Waals surface area contributed by atoms with Crippen LogP contribution in [0.4, 0.5) is 17.6 Å². The van der Waals surface area contributed by atoms with Crippen LogP contribution < -0.4 is 0 Å². The lowest BCUT2D eigenvalue weighted by Gasteiger charge is -2.26. The number of hydrogen-bond donors (Lipinski definition) is 2. The molecule has 6 aliphatic carbocycles. The molecule has 4 aromatic rings. The van der Waals surface area contributed by atoms with Crippen molar-refractivity contribution in [2.24, 2.45) is 71.0 Å². The first-order chi connectivity index (χ1) is 37.8. The second-order valence-electron chi connectivity index (χ2n) is 25.9. The van der Waals surface area contributed by atoms with Gasteiger partial charge in [-0.15, -0.1) is 11.3 Å². The number of thiazole rings is 1. The van der Waals surface area contributed by atoms with Crippen LogP contribution in [-0.4, -0.2) is 36.1 Å². The number of aromatic amines is 2. The van der Waals surface area contributed by atoms with Crippen LogP contribution >= 0.6 is 11.3 Å². The average molecular weight is 1150 g/mol. The summed E-state index contributed by atoms with van der Waals surface area (Å²) in [5, 5.41) is 9.06. The Kier molecular flexibility index (Phi) is 36.5. The van der Waals surface area contributed by atoms with Gasteiger partial charge in [-0.05, 0) is 185 Å². The standard InChI is InChI=1S/C8H15F.C8H13N.C8H16.C8H14.C7H14.C7H12.C6H6F3NS.C6H10N2.C5H8N2.C5H7NO/c1-6-3-4-7(2)8(9)5-6;1-6-3-7(2)8(4-6)5-9;2*1-7-3-5-8(2)6-4-7;2*1-6-3-4-7(2)5-6;1-3-5(6(7,8)9)10-4(2)11-3;1-4-5(2)8-6(3)7-4;2*1-4-3-6-5(2)7-4/h6-8H,3-5H2,1-2H3;6-8H,3-4H2,1-2H3;7-8H,3-6H2,1-2H3;3,8H,4-6H2,1-2H3;6-7H,3-5H2,1-2H3;3-4,6-7H,5H2,1-2H3;1-2H3;1-3H3,(H,7,8);3H,1-2H3,(H,6,7);3H,1-2H3. The van der Waals surface area contributed by atoms with E-state index in [-0.39, 0.29) is 4.88 Å². The third kappa shape index (κ3) is 35.0. The fourth-order valence-corrected chi connectivity index (χ4v) is 11.7. The highest BCUT2D eigenvalue weighted by Gasteiger charge is 2.35. The van der Waals surface area contributed by atoms with Gasteiger partial charge in [-0.1, -0.05) is 145 Å².